The lowest BCUT2D eigenvalue weighted by Crippen LogP contribution is -2.21. The average Bonchev–Trinajstić information content (AvgIpc) is 3.25. The van der Waals surface area contributed by atoms with Crippen LogP contribution in [0, 0.1) is 29.3 Å². The topological polar surface area (TPSA) is 105 Å². The van der Waals surface area contributed by atoms with Crippen LogP contribution in [0.4, 0.5) is 13.2 Å². The molecule has 1 aliphatic carbocycles. The van der Waals surface area contributed by atoms with Gasteiger partial charge in [0.1, 0.15) is 18.0 Å². The molecule has 1 aromatic carbocycles. The molecular formula is C25H22F3N5O2. The highest BCUT2D eigenvalue weighted by Gasteiger charge is 2.25. The van der Waals surface area contributed by atoms with E-state index in [2.05, 4.69) is 24.9 Å². The molecule has 0 radical (unpaired) electrons. The number of aromatic amines is 1. The summed E-state index contributed by atoms with van der Waals surface area (Å²) in [6, 6.07) is 3.49. The molecule has 180 valence electrons. The summed E-state index contributed by atoms with van der Waals surface area (Å²) >= 11 is 0. The van der Waals surface area contributed by atoms with Crippen molar-refractivity contribution < 1.29 is 23.1 Å². The fourth-order valence-electron chi connectivity index (χ4n) is 4.98. The van der Waals surface area contributed by atoms with Crippen molar-refractivity contribution in [2.45, 2.75) is 38.5 Å². The molecule has 0 saturated heterocycles. The van der Waals surface area contributed by atoms with Gasteiger partial charge in [0.15, 0.2) is 17.3 Å². The minimum atomic E-state index is -1.09. The van der Waals surface area contributed by atoms with Gasteiger partial charge in [-0.25, -0.2) is 37.9 Å². The predicted octanol–water partition coefficient (Wildman–Crippen LogP) is 5.12. The molecular weight excluding hydrogens is 459 g/mol. The molecule has 2 atom stereocenters. The summed E-state index contributed by atoms with van der Waals surface area (Å²) in [7, 11) is 0. The van der Waals surface area contributed by atoms with Crippen LogP contribution in [0.15, 0.2) is 36.9 Å². The molecule has 7 nitrogen and oxygen atoms in total. The van der Waals surface area contributed by atoms with Crippen LogP contribution in [0.1, 0.15) is 47.6 Å². The lowest BCUT2D eigenvalue weighted by atomic mass is 9.77. The maximum atomic E-state index is 14.6. The Morgan fingerprint density at radius 2 is 1.83 bits per heavy atom. The number of aromatic carboxylic acids is 1. The van der Waals surface area contributed by atoms with Crippen LogP contribution in [0.3, 0.4) is 0 Å². The summed E-state index contributed by atoms with van der Waals surface area (Å²) in [4.78, 5) is 30.4. The van der Waals surface area contributed by atoms with E-state index in [1.165, 1.54) is 24.7 Å². The Morgan fingerprint density at radius 1 is 1.03 bits per heavy atom. The summed E-state index contributed by atoms with van der Waals surface area (Å²) in [5.74, 6) is -2.38. The Hall–Kier alpha value is -3.82. The first-order valence-corrected chi connectivity index (χ1v) is 11.4. The maximum Gasteiger partial charge on any atom is 0.354 e. The molecule has 4 aromatic rings. The smallest absolute Gasteiger partial charge is 0.354 e. The van der Waals surface area contributed by atoms with Crippen molar-refractivity contribution in [3.8, 4) is 11.4 Å². The van der Waals surface area contributed by atoms with Crippen molar-refractivity contribution in [3.63, 3.8) is 0 Å². The van der Waals surface area contributed by atoms with Gasteiger partial charge in [-0.1, -0.05) is 19.3 Å². The number of H-pyrrole nitrogens is 1. The van der Waals surface area contributed by atoms with E-state index in [0.717, 1.165) is 37.9 Å². The van der Waals surface area contributed by atoms with Crippen LogP contribution < -0.4 is 0 Å². The molecule has 0 unspecified atom stereocenters. The molecule has 35 heavy (non-hydrogen) atoms. The number of halogens is 3. The zero-order valence-corrected chi connectivity index (χ0v) is 18.6. The highest BCUT2D eigenvalue weighted by Crippen LogP contribution is 2.34. The first kappa shape index (κ1) is 22.9. The third-order valence-electron chi connectivity index (χ3n) is 6.58. The molecule has 3 aromatic heterocycles. The van der Waals surface area contributed by atoms with E-state index in [1.807, 2.05) is 0 Å². The number of hydrogen-bond acceptors (Lipinski definition) is 5. The van der Waals surface area contributed by atoms with Crippen LogP contribution in [-0.4, -0.2) is 36.0 Å². The highest BCUT2D eigenvalue weighted by atomic mass is 19.1. The number of carbonyl (C=O) groups is 1. The van der Waals surface area contributed by atoms with Crippen LogP contribution in [0.5, 0.6) is 0 Å². The number of carboxylic acid groups (broad SMARTS) is 1. The third kappa shape index (κ3) is 4.87. The van der Waals surface area contributed by atoms with Gasteiger partial charge in [0.05, 0.1) is 17.4 Å². The summed E-state index contributed by atoms with van der Waals surface area (Å²) in [6.45, 7) is 0. The quantitative estimate of drug-likeness (QED) is 0.396. The number of fused-ring (bicyclic) bond motifs is 1. The molecule has 1 aliphatic rings. The van der Waals surface area contributed by atoms with Crippen LogP contribution >= 0.6 is 0 Å². The van der Waals surface area contributed by atoms with Crippen molar-refractivity contribution >= 4 is 16.9 Å². The molecule has 1 fully saturated rings. The Balaban J connectivity index is 1.34. The second-order valence-electron chi connectivity index (χ2n) is 9.01. The number of nitrogens with zero attached hydrogens (tertiary/aromatic N) is 4. The Labute approximate surface area is 198 Å². The van der Waals surface area contributed by atoms with Crippen molar-refractivity contribution in [3.05, 3.63) is 71.5 Å². The summed E-state index contributed by atoms with van der Waals surface area (Å²) in [5.41, 5.74) is 1.45. The fourth-order valence-corrected chi connectivity index (χ4v) is 4.98. The zero-order valence-electron chi connectivity index (χ0n) is 18.6. The van der Waals surface area contributed by atoms with Crippen molar-refractivity contribution in [2.24, 2.45) is 11.8 Å². The number of rotatable bonds is 6. The molecule has 1 saturated carbocycles. The minimum Gasteiger partial charge on any atom is -0.477 e. The number of aromatic nitrogens is 5. The van der Waals surface area contributed by atoms with Gasteiger partial charge in [0.25, 0.3) is 0 Å². The van der Waals surface area contributed by atoms with Crippen LogP contribution in [-0.2, 0) is 12.8 Å². The first-order valence-electron chi connectivity index (χ1n) is 11.4. The SMILES string of the molecule is O=C(O)c1cc(C[C@@H]2CCC[C@H](Cc3nc(-c4c[nH]c5c(F)cc(F)cc45)ncc3F)C2)ncn1. The molecule has 0 aliphatic heterocycles. The minimum absolute atomic E-state index is 0.0324. The van der Waals surface area contributed by atoms with Crippen molar-refractivity contribution in [1.82, 2.24) is 24.9 Å². The van der Waals surface area contributed by atoms with Crippen LogP contribution in [0.2, 0.25) is 0 Å². The van der Waals surface area contributed by atoms with Crippen molar-refractivity contribution in [1.29, 1.82) is 0 Å². The van der Waals surface area contributed by atoms with Crippen LogP contribution in [0.25, 0.3) is 22.3 Å². The Bertz CT molecular complexity index is 1410. The average molecular weight is 481 g/mol. The zero-order chi connectivity index (χ0) is 24.5. The molecule has 10 heteroatoms. The standard InChI is InChI=1S/C25H22F3N5O2/c26-15-7-17-18(10-29-23(17)19(27)8-15)24-30-11-20(28)21(33-24)6-14-3-1-2-13(4-14)5-16-9-22(25(34)35)32-12-31-16/h7-14,29H,1-6H2,(H,34,35)/t13-,14+/m1/s1. The van der Waals surface area contributed by atoms with Gasteiger partial charge in [-0.2, -0.15) is 0 Å². The summed E-state index contributed by atoms with van der Waals surface area (Å²) < 4.78 is 42.5. The molecule has 2 N–H and O–H groups in total. The Morgan fingerprint density at radius 3 is 2.63 bits per heavy atom. The highest BCUT2D eigenvalue weighted by molar-refractivity contribution is 5.94. The van der Waals surface area contributed by atoms with E-state index in [-0.39, 0.29) is 34.6 Å². The second-order valence-corrected chi connectivity index (χ2v) is 9.01. The van der Waals surface area contributed by atoms with Crippen molar-refractivity contribution in [2.75, 3.05) is 0 Å². The molecule has 5 rings (SSSR count). The normalized spacial score (nSPS) is 18.1. The molecule has 0 bridgehead atoms. The molecule has 0 spiro atoms. The third-order valence-corrected chi connectivity index (χ3v) is 6.58. The van der Waals surface area contributed by atoms with Gasteiger partial charge < -0.3 is 10.1 Å². The van der Waals surface area contributed by atoms with E-state index in [9.17, 15) is 18.0 Å². The van der Waals surface area contributed by atoms with Gasteiger partial charge in [0.2, 0.25) is 0 Å². The Kier molecular flexibility index (Phi) is 6.19. The maximum absolute atomic E-state index is 14.6. The van der Waals surface area contributed by atoms with Gasteiger partial charge in [-0.3, -0.25) is 0 Å². The van der Waals surface area contributed by atoms with Gasteiger partial charge in [-0.15, -0.1) is 0 Å². The number of carboxylic acids is 1. The van der Waals surface area contributed by atoms with E-state index < -0.39 is 23.4 Å². The number of nitrogens with one attached hydrogen (secondary N) is 1. The van der Waals surface area contributed by atoms with Gasteiger partial charge in [-0.05, 0) is 43.2 Å². The summed E-state index contributed by atoms with van der Waals surface area (Å²) in [5, 5.41) is 9.44. The molecule has 3 heterocycles. The lowest BCUT2D eigenvalue weighted by Gasteiger charge is -2.29. The molecule has 0 amide bonds. The van der Waals surface area contributed by atoms with E-state index in [4.69, 9.17) is 5.11 Å². The van der Waals surface area contributed by atoms with E-state index in [1.54, 1.807) is 0 Å². The fraction of sp³-hybridized carbons (Fsp3) is 0.320. The number of hydrogen-bond donors (Lipinski definition) is 2. The van der Waals surface area contributed by atoms with E-state index >= 15 is 0 Å². The van der Waals surface area contributed by atoms with Gasteiger partial charge in [0, 0.05) is 28.9 Å². The largest absolute Gasteiger partial charge is 0.477 e. The van der Waals surface area contributed by atoms with E-state index in [0.29, 0.717) is 29.5 Å². The van der Waals surface area contributed by atoms with Gasteiger partial charge >= 0.3 is 5.97 Å². The lowest BCUT2D eigenvalue weighted by molar-refractivity contribution is 0.0690. The second kappa shape index (κ2) is 9.44. The first-order chi connectivity index (χ1) is 16.9. The number of benzene rings is 1. The predicted molar refractivity (Wildman–Crippen MR) is 121 cm³/mol. The summed E-state index contributed by atoms with van der Waals surface area (Å²) in [6.07, 6.45) is 8.59. The monoisotopic (exact) mass is 481 g/mol.